The summed E-state index contributed by atoms with van der Waals surface area (Å²) in [7, 11) is 0. The van der Waals surface area contributed by atoms with Crippen LogP contribution in [-0.2, 0) is 0 Å². The van der Waals surface area contributed by atoms with Gasteiger partial charge in [0.2, 0.25) is 0 Å². The van der Waals surface area contributed by atoms with Crippen molar-refractivity contribution in [2.45, 2.75) is 0 Å². The fraction of sp³-hybridized carbons (Fsp3) is 0. The van der Waals surface area contributed by atoms with Gasteiger partial charge in [-0.2, -0.15) is 0 Å². The van der Waals surface area contributed by atoms with Crippen LogP contribution in [0.2, 0.25) is 10.0 Å². The average Bonchev–Trinajstić information content (AvgIpc) is 2.48. The fourth-order valence-electron chi connectivity index (χ4n) is 1.35. The lowest BCUT2D eigenvalue weighted by atomic mass is 10.3. The number of amides is 1. The number of rotatable bonds is 3. The summed E-state index contributed by atoms with van der Waals surface area (Å²) in [5.41, 5.74) is 2.77. The van der Waals surface area contributed by atoms with Crippen molar-refractivity contribution >= 4 is 56.5 Å². The Labute approximate surface area is 132 Å². The number of nitrogens with one attached hydrogen (secondary N) is 2. The fourth-order valence-corrected chi connectivity index (χ4v) is 2.18. The maximum atomic E-state index is 12.0. The molecule has 0 saturated heterocycles. The Morgan fingerprint density at radius 1 is 1.25 bits per heavy atom. The van der Waals surface area contributed by atoms with Gasteiger partial charge in [0.15, 0.2) is 5.82 Å². The molecule has 20 heavy (non-hydrogen) atoms. The van der Waals surface area contributed by atoms with E-state index in [4.69, 9.17) is 29.0 Å². The van der Waals surface area contributed by atoms with E-state index in [2.05, 4.69) is 36.6 Å². The third kappa shape index (κ3) is 3.18. The van der Waals surface area contributed by atoms with E-state index in [-0.39, 0.29) is 16.5 Å². The van der Waals surface area contributed by atoms with Crippen LogP contribution in [0.3, 0.4) is 0 Å². The summed E-state index contributed by atoms with van der Waals surface area (Å²) in [5, 5.41) is 3.14. The van der Waals surface area contributed by atoms with E-state index in [1.807, 2.05) is 0 Å². The molecule has 4 N–H and O–H groups in total. The summed E-state index contributed by atoms with van der Waals surface area (Å²) in [5.74, 6) is 5.00. The van der Waals surface area contributed by atoms with Crippen LogP contribution in [0.4, 0.5) is 11.5 Å². The van der Waals surface area contributed by atoms with Crippen LogP contribution < -0.4 is 16.6 Å². The highest BCUT2D eigenvalue weighted by Crippen LogP contribution is 2.35. The van der Waals surface area contributed by atoms with Crippen LogP contribution in [0.5, 0.6) is 0 Å². The minimum Gasteiger partial charge on any atom is -0.319 e. The zero-order valence-corrected chi connectivity index (χ0v) is 12.9. The van der Waals surface area contributed by atoms with E-state index in [9.17, 15) is 4.79 Å². The van der Waals surface area contributed by atoms with Gasteiger partial charge in [-0.3, -0.25) is 9.78 Å². The minimum atomic E-state index is -0.477. The summed E-state index contributed by atoms with van der Waals surface area (Å²) in [4.78, 5) is 19.8. The highest BCUT2D eigenvalue weighted by atomic mass is 79.9. The highest BCUT2D eigenvalue weighted by molar-refractivity contribution is 9.10. The van der Waals surface area contributed by atoms with E-state index in [1.165, 1.54) is 12.4 Å². The van der Waals surface area contributed by atoms with Crippen molar-refractivity contribution < 1.29 is 4.79 Å². The van der Waals surface area contributed by atoms with Gasteiger partial charge in [0, 0.05) is 4.47 Å². The second kappa shape index (κ2) is 6.36. The zero-order valence-electron chi connectivity index (χ0n) is 9.82. The van der Waals surface area contributed by atoms with Crippen LogP contribution in [0.1, 0.15) is 10.5 Å². The Morgan fingerprint density at radius 3 is 2.70 bits per heavy atom. The molecule has 0 aliphatic rings. The van der Waals surface area contributed by atoms with Gasteiger partial charge in [-0.1, -0.05) is 23.2 Å². The molecule has 1 aromatic heterocycles. The van der Waals surface area contributed by atoms with Crippen LogP contribution in [0, 0.1) is 0 Å². The van der Waals surface area contributed by atoms with Gasteiger partial charge in [-0.15, -0.1) is 0 Å². The van der Waals surface area contributed by atoms with Crippen LogP contribution in [0.25, 0.3) is 0 Å². The summed E-state index contributed by atoms with van der Waals surface area (Å²) >= 11 is 15.3. The third-order valence-corrected chi connectivity index (χ3v) is 4.07. The molecule has 1 aromatic carbocycles. The molecule has 0 spiro atoms. The van der Waals surface area contributed by atoms with Crippen molar-refractivity contribution in [2.75, 3.05) is 10.7 Å². The van der Waals surface area contributed by atoms with Gasteiger partial charge in [0.1, 0.15) is 5.69 Å². The molecule has 6 nitrogen and oxygen atoms in total. The predicted molar refractivity (Wildman–Crippen MR) is 82.0 cm³/mol. The molecule has 0 atom stereocenters. The van der Waals surface area contributed by atoms with Gasteiger partial charge in [0.05, 0.1) is 28.1 Å². The Morgan fingerprint density at radius 2 is 2.00 bits per heavy atom. The van der Waals surface area contributed by atoms with Crippen molar-refractivity contribution in [3.63, 3.8) is 0 Å². The quantitative estimate of drug-likeness (QED) is 0.434. The number of aromatic nitrogens is 2. The van der Waals surface area contributed by atoms with Crippen molar-refractivity contribution in [2.24, 2.45) is 5.84 Å². The number of nitrogen functional groups attached to an aromatic ring is 1. The van der Waals surface area contributed by atoms with Gasteiger partial charge < -0.3 is 10.7 Å². The summed E-state index contributed by atoms with van der Waals surface area (Å²) in [6, 6.07) is 3.29. The molecule has 0 aliphatic heterocycles. The maximum absolute atomic E-state index is 12.0. The van der Waals surface area contributed by atoms with Gasteiger partial charge >= 0.3 is 0 Å². The molecule has 0 fully saturated rings. The number of hydrogen-bond donors (Lipinski definition) is 3. The topological polar surface area (TPSA) is 92.9 Å². The molecule has 2 rings (SSSR count). The van der Waals surface area contributed by atoms with E-state index in [1.54, 1.807) is 12.1 Å². The molecule has 104 valence electrons. The smallest absolute Gasteiger partial charge is 0.275 e. The Bertz CT molecular complexity index is 667. The number of anilines is 2. The molecule has 1 amide bonds. The number of carbonyl (C=O) groups is 1. The van der Waals surface area contributed by atoms with Crippen molar-refractivity contribution in [3.8, 4) is 0 Å². The van der Waals surface area contributed by atoms with Crippen molar-refractivity contribution in [1.29, 1.82) is 0 Å². The SMILES string of the molecule is NNc1cncc(C(=O)Nc2ccc(Br)c(Cl)c2Cl)n1. The van der Waals surface area contributed by atoms with Gasteiger partial charge in [-0.25, -0.2) is 10.8 Å². The molecule has 2 aromatic rings. The van der Waals surface area contributed by atoms with E-state index in [0.29, 0.717) is 15.2 Å². The first kappa shape index (κ1) is 15.0. The van der Waals surface area contributed by atoms with Crippen LogP contribution in [-0.4, -0.2) is 15.9 Å². The lowest BCUT2D eigenvalue weighted by molar-refractivity contribution is 0.102. The first-order chi connectivity index (χ1) is 9.52. The van der Waals surface area contributed by atoms with Crippen molar-refractivity contribution in [3.05, 3.63) is 44.7 Å². The Hall–Kier alpha value is -1.41. The number of nitrogens with two attached hydrogens (primary N) is 1. The first-order valence-electron chi connectivity index (χ1n) is 5.26. The molecule has 0 aliphatic carbocycles. The number of benzene rings is 1. The van der Waals surface area contributed by atoms with E-state index >= 15 is 0 Å². The van der Waals surface area contributed by atoms with Gasteiger partial charge in [0.25, 0.3) is 5.91 Å². The molecule has 0 unspecified atom stereocenters. The first-order valence-corrected chi connectivity index (χ1v) is 6.81. The number of carbonyl (C=O) groups excluding carboxylic acids is 1. The third-order valence-electron chi connectivity index (χ3n) is 2.30. The largest absolute Gasteiger partial charge is 0.319 e. The molecule has 0 bridgehead atoms. The molecule has 9 heteroatoms. The molecule has 0 radical (unpaired) electrons. The van der Waals surface area contributed by atoms with Crippen LogP contribution in [0.15, 0.2) is 29.0 Å². The Kier molecular flexibility index (Phi) is 4.77. The van der Waals surface area contributed by atoms with Crippen molar-refractivity contribution in [1.82, 2.24) is 9.97 Å². The van der Waals surface area contributed by atoms with Crippen LogP contribution >= 0.6 is 39.1 Å². The number of halogens is 3. The maximum Gasteiger partial charge on any atom is 0.275 e. The lowest BCUT2D eigenvalue weighted by Gasteiger charge is -2.09. The molecular formula is C11H8BrCl2N5O. The van der Waals surface area contributed by atoms with Gasteiger partial charge in [-0.05, 0) is 28.1 Å². The second-order valence-electron chi connectivity index (χ2n) is 3.61. The Balaban J connectivity index is 2.25. The average molecular weight is 377 g/mol. The number of hydrazine groups is 1. The normalized spacial score (nSPS) is 10.2. The summed E-state index contributed by atoms with van der Waals surface area (Å²) in [6.07, 6.45) is 2.70. The van der Waals surface area contributed by atoms with E-state index < -0.39 is 5.91 Å². The summed E-state index contributed by atoms with van der Waals surface area (Å²) in [6.45, 7) is 0. The minimum absolute atomic E-state index is 0.0931. The second-order valence-corrected chi connectivity index (χ2v) is 5.22. The predicted octanol–water partition coefficient (Wildman–Crippen LogP) is 3.08. The standard InChI is InChI=1S/C11H8BrCl2N5O/c12-5-1-2-6(10(14)9(5)13)18-11(20)7-3-16-4-8(17-7)19-15/h1-4H,15H2,(H,17,19)(H,18,20). The van der Waals surface area contributed by atoms with E-state index in [0.717, 1.165) is 0 Å². The molecule has 0 saturated carbocycles. The zero-order chi connectivity index (χ0) is 14.7. The molecular weight excluding hydrogens is 369 g/mol. The number of hydrogen-bond acceptors (Lipinski definition) is 5. The number of nitrogens with zero attached hydrogens (tertiary/aromatic N) is 2. The highest BCUT2D eigenvalue weighted by Gasteiger charge is 2.14. The molecule has 1 heterocycles. The lowest BCUT2D eigenvalue weighted by Crippen LogP contribution is -2.17. The summed E-state index contributed by atoms with van der Waals surface area (Å²) < 4.78 is 0.635. The monoisotopic (exact) mass is 375 g/mol.